The predicted molar refractivity (Wildman–Crippen MR) is 88.8 cm³/mol. The lowest BCUT2D eigenvalue weighted by molar-refractivity contribution is 0.530. The molecule has 0 unspecified atom stereocenters. The van der Waals surface area contributed by atoms with Gasteiger partial charge in [0.15, 0.2) is 0 Å². The van der Waals surface area contributed by atoms with E-state index in [0.717, 1.165) is 5.56 Å². The molecule has 2 N–H and O–H groups in total. The Hall–Kier alpha value is -2.45. The van der Waals surface area contributed by atoms with E-state index in [-0.39, 0.29) is 17.3 Å². The highest BCUT2D eigenvalue weighted by Gasteiger charge is 2.28. The van der Waals surface area contributed by atoms with Gasteiger partial charge in [0.1, 0.15) is 4.90 Å². The topological polar surface area (TPSA) is 101 Å². The van der Waals surface area contributed by atoms with Gasteiger partial charge in [0, 0.05) is 24.9 Å². The van der Waals surface area contributed by atoms with E-state index in [1.165, 1.54) is 0 Å². The van der Waals surface area contributed by atoms with Crippen LogP contribution in [0.25, 0.3) is 11.5 Å². The fourth-order valence-electron chi connectivity index (χ4n) is 2.60. The van der Waals surface area contributed by atoms with Crippen LogP contribution in [0.3, 0.4) is 0 Å². The first-order valence-electron chi connectivity index (χ1n) is 7.41. The van der Waals surface area contributed by atoms with Crippen LogP contribution in [0.15, 0.2) is 39.6 Å². The molecule has 0 fully saturated rings. The lowest BCUT2D eigenvalue weighted by Crippen LogP contribution is -2.24. The van der Waals surface area contributed by atoms with Crippen LogP contribution in [0.5, 0.6) is 0 Å². The molecule has 0 radical (unpaired) electrons. The van der Waals surface area contributed by atoms with Gasteiger partial charge in [-0.15, -0.1) is 10.2 Å². The first-order valence-corrected chi connectivity index (χ1v) is 8.90. The largest absolute Gasteiger partial charge is 0.421 e. The van der Waals surface area contributed by atoms with Gasteiger partial charge < -0.3 is 9.40 Å². The lowest BCUT2D eigenvalue weighted by atomic mass is 10.2. The molecule has 3 aromatic rings. The van der Waals surface area contributed by atoms with Crippen molar-refractivity contribution in [1.82, 2.24) is 19.9 Å². The fourth-order valence-corrected chi connectivity index (χ4v) is 4.06. The minimum Gasteiger partial charge on any atom is -0.421 e. The van der Waals surface area contributed by atoms with Gasteiger partial charge in [0.25, 0.3) is 5.89 Å². The van der Waals surface area contributed by atoms with E-state index in [4.69, 9.17) is 4.42 Å². The van der Waals surface area contributed by atoms with Gasteiger partial charge in [-0.1, -0.05) is 30.3 Å². The van der Waals surface area contributed by atoms with Crippen LogP contribution in [0.1, 0.15) is 22.8 Å². The van der Waals surface area contributed by atoms with Crippen LogP contribution >= 0.6 is 0 Å². The maximum Gasteiger partial charge on any atom is 0.250 e. The first-order chi connectivity index (χ1) is 11.4. The molecular formula is C16H18N4O3S. The number of nitrogens with zero attached hydrogens (tertiary/aromatic N) is 2. The Kier molecular flexibility index (Phi) is 4.25. The van der Waals surface area contributed by atoms with Gasteiger partial charge in [-0.3, -0.25) is 0 Å². The molecule has 1 aromatic carbocycles. The lowest BCUT2D eigenvalue weighted by Gasteiger charge is -2.08. The number of aromatic nitrogens is 3. The summed E-state index contributed by atoms with van der Waals surface area (Å²) in [5.74, 6) is 0.568. The maximum atomic E-state index is 12.8. The standard InChI is InChI=1S/C16H18N4O3S/c1-10-14(16-20-19-12(3)23-16)15(11(2)18-10)24(21,22)17-9-13-7-5-4-6-8-13/h4-8,17-18H,9H2,1-3H3. The maximum absolute atomic E-state index is 12.8. The molecule has 0 bridgehead atoms. The number of aryl methyl sites for hydroxylation is 3. The van der Waals surface area contributed by atoms with Crippen LogP contribution in [0, 0.1) is 20.8 Å². The smallest absolute Gasteiger partial charge is 0.250 e. The number of rotatable bonds is 5. The molecule has 0 amide bonds. The molecule has 126 valence electrons. The van der Waals surface area contributed by atoms with Gasteiger partial charge in [-0.05, 0) is 19.4 Å². The van der Waals surface area contributed by atoms with Crippen LogP contribution in [-0.2, 0) is 16.6 Å². The summed E-state index contributed by atoms with van der Waals surface area (Å²) in [6, 6.07) is 9.33. The molecule has 24 heavy (non-hydrogen) atoms. The monoisotopic (exact) mass is 346 g/mol. The second-order valence-electron chi connectivity index (χ2n) is 5.52. The fraction of sp³-hybridized carbons (Fsp3) is 0.250. The number of hydrogen-bond donors (Lipinski definition) is 2. The number of H-pyrrole nitrogens is 1. The summed E-state index contributed by atoms with van der Waals surface area (Å²) < 4.78 is 33.7. The van der Waals surface area contributed by atoms with E-state index in [2.05, 4.69) is 19.9 Å². The van der Waals surface area contributed by atoms with Crippen molar-refractivity contribution in [2.45, 2.75) is 32.2 Å². The third kappa shape index (κ3) is 3.10. The zero-order chi connectivity index (χ0) is 17.3. The van der Waals surface area contributed by atoms with E-state index in [1.807, 2.05) is 30.3 Å². The Balaban J connectivity index is 1.99. The summed E-state index contributed by atoms with van der Waals surface area (Å²) >= 11 is 0. The highest BCUT2D eigenvalue weighted by Crippen LogP contribution is 2.32. The summed E-state index contributed by atoms with van der Waals surface area (Å²) in [7, 11) is -3.75. The number of aromatic amines is 1. The molecule has 0 saturated heterocycles. The zero-order valence-electron chi connectivity index (χ0n) is 13.6. The quantitative estimate of drug-likeness (QED) is 0.739. The molecule has 0 atom stereocenters. The third-order valence-corrected chi connectivity index (χ3v) is 5.21. The minimum atomic E-state index is -3.75. The summed E-state index contributed by atoms with van der Waals surface area (Å²) in [6.45, 7) is 5.34. The van der Waals surface area contributed by atoms with Crippen LogP contribution in [0.4, 0.5) is 0 Å². The van der Waals surface area contributed by atoms with Crippen molar-refractivity contribution >= 4 is 10.0 Å². The second-order valence-corrected chi connectivity index (χ2v) is 7.22. The number of hydrogen-bond acceptors (Lipinski definition) is 5. The third-order valence-electron chi connectivity index (χ3n) is 3.64. The van der Waals surface area contributed by atoms with E-state index in [1.54, 1.807) is 20.8 Å². The first kappa shape index (κ1) is 16.4. The van der Waals surface area contributed by atoms with Crippen molar-refractivity contribution in [3.05, 3.63) is 53.2 Å². The van der Waals surface area contributed by atoms with Crippen molar-refractivity contribution in [1.29, 1.82) is 0 Å². The predicted octanol–water partition coefficient (Wildman–Crippen LogP) is 2.47. The van der Waals surface area contributed by atoms with Crippen molar-refractivity contribution in [3.8, 4) is 11.5 Å². The van der Waals surface area contributed by atoms with Crippen LogP contribution in [0.2, 0.25) is 0 Å². The molecule has 0 aliphatic rings. The Labute approximate surface area is 140 Å². The van der Waals surface area contributed by atoms with E-state index >= 15 is 0 Å². The molecule has 2 aromatic heterocycles. The molecule has 0 aliphatic carbocycles. The van der Waals surface area contributed by atoms with Crippen molar-refractivity contribution in [2.24, 2.45) is 0 Å². The molecule has 8 heteroatoms. The Morgan fingerprint density at radius 3 is 2.42 bits per heavy atom. The van der Waals surface area contributed by atoms with E-state index in [0.29, 0.717) is 22.8 Å². The molecular weight excluding hydrogens is 328 g/mol. The Morgan fingerprint density at radius 1 is 1.08 bits per heavy atom. The number of benzene rings is 1. The highest BCUT2D eigenvalue weighted by atomic mass is 32.2. The number of sulfonamides is 1. The van der Waals surface area contributed by atoms with Gasteiger partial charge in [-0.25, -0.2) is 13.1 Å². The molecule has 0 spiro atoms. The molecule has 0 aliphatic heterocycles. The van der Waals surface area contributed by atoms with Crippen molar-refractivity contribution in [2.75, 3.05) is 0 Å². The molecule has 0 saturated carbocycles. The van der Waals surface area contributed by atoms with E-state index in [9.17, 15) is 8.42 Å². The molecule has 2 heterocycles. The Bertz CT molecular complexity index is 959. The average molecular weight is 346 g/mol. The zero-order valence-corrected chi connectivity index (χ0v) is 14.4. The summed E-state index contributed by atoms with van der Waals surface area (Å²) in [5.41, 5.74) is 2.48. The number of nitrogens with one attached hydrogen (secondary N) is 2. The van der Waals surface area contributed by atoms with Crippen LogP contribution < -0.4 is 4.72 Å². The molecule has 7 nitrogen and oxygen atoms in total. The van der Waals surface area contributed by atoms with Gasteiger partial charge in [-0.2, -0.15) is 0 Å². The minimum absolute atomic E-state index is 0.139. The van der Waals surface area contributed by atoms with Gasteiger partial charge >= 0.3 is 0 Å². The van der Waals surface area contributed by atoms with Crippen molar-refractivity contribution < 1.29 is 12.8 Å². The van der Waals surface area contributed by atoms with Gasteiger partial charge in [0.2, 0.25) is 15.9 Å². The summed E-state index contributed by atoms with van der Waals surface area (Å²) in [5, 5.41) is 7.74. The highest BCUT2D eigenvalue weighted by molar-refractivity contribution is 7.89. The van der Waals surface area contributed by atoms with Crippen molar-refractivity contribution in [3.63, 3.8) is 0 Å². The van der Waals surface area contributed by atoms with Crippen LogP contribution in [-0.4, -0.2) is 23.6 Å². The Morgan fingerprint density at radius 2 is 1.79 bits per heavy atom. The SMILES string of the molecule is Cc1nnc(-c2c(C)[nH]c(C)c2S(=O)(=O)NCc2ccccc2)o1. The normalized spacial score (nSPS) is 11.8. The summed E-state index contributed by atoms with van der Waals surface area (Å²) in [6.07, 6.45) is 0. The molecule has 3 rings (SSSR count). The average Bonchev–Trinajstić information content (AvgIpc) is 3.09. The van der Waals surface area contributed by atoms with Gasteiger partial charge in [0.05, 0.1) is 5.56 Å². The second kappa shape index (κ2) is 6.21. The summed E-state index contributed by atoms with van der Waals surface area (Å²) in [4.78, 5) is 3.18. The van der Waals surface area contributed by atoms with E-state index < -0.39 is 10.0 Å².